The van der Waals surface area contributed by atoms with Gasteiger partial charge in [0, 0.05) is 6.54 Å². The zero-order valence-corrected chi connectivity index (χ0v) is 6.02. The van der Waals surface area contributed by atoms with E-state index in [4.69, 9.17) is 30.6 Å². The van der Waals surface area contributed by atoms with Crippen molar-refractivity contribution in [1.82, 2.24) is 0 Å². The smallest absolute Gasteiger partial charge is 0.414 e. The molecule has 0 aliphatic heterocycles. The van der Waals surface area contributed by atoms with Crippen molar-refractivity contribution < 1.29 is 24.9 Å². The molecule has 0 aromatic heterocycles. The third kappa shape index (κ3) is 17.7. The van der Waals surface area contributed by atoms with Gasteiger partial charge in [-0.1, -0.05) is 0 Å². The van der Waals surface area contributed by atoms with E-state index < -0.39 is 11.9 Å². The quantitative estimate of drug-likeness (QED) is 0.350. The number of aliphatic hydroxyl groups is 1. The van der Waals surface area contributed by atoms with Gasteiger partial charge in [-0.25, -0.2) is 9.59 Å². The van der Waals surface area contributed by atoms with Crippen LogP contribution in [0.3, 0.4) is 0 Å². The highest BCUT2D eigenvalue weighted by atomic mass is 16.4. The van der Waals surface area contributed by atoms with E-state index in [2.05, 4.69) is 0 Å². The van der Waals surface area contributed by atoms with Gasteiger partial charge in [-0.2, -0.15) is 0 Å². The summed E-state index contributed by atoms with van der Waals surface area (Å²) < 4.78 is 0. The van der Waals surface area contributed by atoms with E-state index in [0.29, 0.717) is 6.54 Å². The van der Waals surface area contributed by atoms with E-state index in [-0.39, 0.29) is 6.10 Å². The first kappa shape index (κ1) is 12.5. The Hall–Kier alpha value is -1.14. The Morgan fingerprint density at radius 3 is 1.55 bits per heavy atom. The van der Waals surface area contributed by atoms with Crippen LogP contribution in [0.5, 0.6) is 0 Å². The van der Waals surface area contributed by atoms with Gasteiger partial charge in [0.2, 0.25) is 0 Å². The molecule has 0 aromatic rings. The minimum absolute atomic E-state index is 0.338. The van der Waals surface area contributed by atoms with Gasteiger partial charge in [-0.15, -0.1) is 0 Å². The largest absolute Gasteiger partial charge is 0.473 e. The minimum atomic E-state index is -1.82. The molecule has 0 aliphatic carbocycles. The average Bonchev–Trinajstić information content (AvgIpc) is 1.89. The zero-order valence-electron chi connectivity index (χ0n) is 6.02. The highest BCUT2D eigenvalue weighted by Crippen LogP contribution is 1.65. The summed E-state index contributed by atoms with van der Waals surface area (Å²) in [6, 6.07) is 0. The fraction of sp³-hybridized carbons (Fsp3) is 0.600. The molecule has 0 rings (SSSR count). The molecular weight excluding hydrogens is 154 g/mol. The Kier molecular flexibility index (Phi) is 7.94. The number of hydrogen-bond acceptors (Lipinski definition) is 4. The number of nitrogens with two attached hydrogens (primary N) is 1. The summed E-state index contributed by atoms with van der Waals surface area (Å²) in [5, 5.41) is 23.0. The van der Waals surface area contributed by atoms with E-state index in [1.54, 1.807) is 6.92 Å². The molecular formula is C5H11NO5. The number of hydrogen-bond donors (Lipinski definition) is 4. The Morgan fingerprint density at radius 2 is 1.55 bits per heavy atom. The van der Waals surface area contributed by atoms with Crippen LogP contribution in [0.25, 0.3) is 0 Å². The SMILES string of the molecule is CC(O)CN.O=C(O)C(=O)O. The molecule has 6 heteroatoms. The molecule has 0 spiro atoms. The van der Waals surface area contributed by atoms with Crippen molar-refractivity contribution in [3.8, 4) is 0 Å². The number of carbonyl (C=O) groups is 2. The molecule has 0 amide bonds. The fourth-order valence-electron chi connectivity index (χ4n) is 0. The highest BCUT2D eigenvalue weighted by molar-refractivity contribution is 6.27. The van der Waals surface area contributed by atoms with Crippen LogP contribution >= 0.6 is 0 Å². The van der Waals surface area contributed by atoms with Gasteiger partial charge in [-0.3, -0.25) is 0 Å². The second-order valence-electron chi connectivity index (χ2n) is 1.70. The molecule has 11 heavy (non-hydrogen) atoms. The summed E-state index contributed by atoms with van der Waals surface area (Å²) in [7, 11) is 0. The molecule has 66 valence electrons. The van der Waals surface area contributed by atoms with Gasteiger partial charge < -0.3 is 21.1 Å². The number of carboxylic acid groups (broad SMARTS) is 2. The lowest BCUT2D eigenvalue weighted by Gasteiger charge is -1.91. The lowest BCUT2D eigenvalue weighted by atomic mass is 10.4. The first-order valence-corrected chi connectivity index (χ1v) is 2.76. The molecule has 5 N–H and O–H groups in total. The maximum atomic E-state index is 9.10. The predicted molar refractivity (Wildman–Crippen MR) is 36.0 cm³/mol. The Balaban J connectivity index is 0. The van der Waals surface area contributed by atoms with Crippen molar-refractivity contribution in [2.45, 2.75) is 13.0 Å². The first-order chi connectivity index (χ1) is 4.91. The van der Waals surface area contributed by atoms with Gasteiger partial charge in [0.15, 0.2) is 0 Å². The lowest BCUT2D eigenvalue weighted by molar-refractivity contribution is -0.159. The van der Waals surface area contributed by atoms with Crippen LogP contribution in [0.4, 0.5) is 0 Å². The highest BCUT2D eigenvalue weighted by Gasteiger charge is 2.04. The van der Waals surface area contributed by atoms with E-state index in [1.807, 2.05) is 0 Å². The normalized spacial score (nSPS) is 10.8. The van der Waals surface area contributed by atoms with Crippen LogP contribution in [0.15, 0.2) is 0 Å². The molecule has 0 radical (unpaired) electrons. The van der Waals surface area contributed by atoms with E-state index in [9.17, 15) is 0 Å². The van der Waals surface area contributed by atoms with Crippen molar-refractivity contribution in [1.29, 1.82) is 0 Å². The van der Waals surface area contributed by atoms with Gasteiger partial charge in [0.1, 0.15) is 0 Å². The summed E-state index contributed by atoms with van der Waals surface area (Å²) in [5.41, 5.74) is 4.92. The van der Waals surface area contributed by atoms with E-state index in [1.165, 1.54) is 0 Å². The standard InChI is InChI=1S/C3H9NO.C2H2O4/c1-3(5)2-4;3-1(4)2(5)6/h3,5H,2,4H2,1H3;(H,3,4)(H,5,6). The molecule has 0 aliphatic rings. The van der Waals surface area contributed by atoms with Crippen LogP contribution < -0.4 is 5.73 Å². The number of rotatable bonds is 1. The molecule has 1 unspecified atom stereocenters. The summed E-state index contributed by atoms with van der Waals surface area (Å²) in [6.07, 6.45) is -0.338. The van der Waals surface area contributed by atoms with Crippen molar-refractivity contribution in [3.05, 3.63) is 0 Å². The van der Waals surface area contributed by atoms with E-state index in [0.717, 1.165) is 0 Å². The predicted octanol–water partition coefficient (Wildman–Crippen LogP) is -1.52. The summed E-state index contributed by atoms with van der Waals surface area (Å²) in [6.45, 7) is 2.01. The third-order valence-corrected chi connectivity index (χ3v) is 0.524. The monoisotopic (exact) mass is 165 g/mol. The minimum Gasteiger partial charge on any atom is -0.473 e. The van der Waals surface area contributed by atoms with Crippen LogP contribution in [0.1, 0.15) is 6.92 Å². The number of carboxylic acids is 2. The van der Waals surface area contributed by atoms with Crippen LogP contribution in [-0.2, 0) is 9.59 Å². The molecule has 0 saturated heterocycles. The molecule has 0 saturated carbocycles. The van der Waals surface area contributed by atoms with E-state index >= 15 is 0 Å². The topological polar surface area (TPSA) is 121 Å². The average molecular weight is 165 g/mol. The van der Waals surface area contributed by atoms with Crippen molar-refractivity contribution in [2.75, 3.05) is 6.54 Å². The van der Waals surface area contributed by atoms with Crippen molar-refractivity contribution in [3.63, 3.8) is 0 Å². The summed E-state index contributed by atoms with van der Waals surface area (Å²) in [4.78, 5) is 18.2. The van der Waals surface area contributed by atoms with Gasteiger partial charge >= 0.3 is 11.9 Å². The zero-order chi connectivity index (χ0) is 9.44. The Labute approximate surface area is 63.3 Å². The Morgan fingerprint density at radius 1 is 1.36 bits per heavy atom. The maximum absolute atomic E-state index is 9.10. The van der Waals surface area contributed by atoms with Crippen molar-refractivity contribution >= 4 is 11.9 Å². The summed E-state index contributed by atoms with van der Waals surface area (Å²) >= 11 is 0. The van der Waals surface area contributed by atoms with Crippen LogP contribution in [0, 0.1) is 0 Å². The lowest BCUT2D eigenvalue weighted by Crippen LogP contribution is -2.14. The third-order valence-electron chi connectivity index (χ3n) is 0.524. The number of aliphatic hydroxyl groups excluding tert-OH is 1. The first-order valence-electron chi connectivity index (χ1n) is 2.76. The molecule has 1 atom stereocenters. The molecule has 0 heterocycles. The van der Waals surface area contributed by atoms with Gasteiger partial charge in [0.05, 0.1) is 6.10 Å². The molecule has 6 nitrogen and oxygen atoms in total. The Bertz CT molecular complexity index is 121. The number of aliphatic carboxylic acids is 2. The summed E-state index contributed by atoms with van der Waals surface area (Å²) in [5.74, 6) is -3.65. The second-order valence-corrected chi connectivity index (χ2v) is 1.70. The van der Waals surface area contributed by atoms with Crippen LogP contribution in [-0.4, -0.2) is 39.9 Å². The molecule has 0 fully saturated rings. The van der Waals surface area contributed by atoms with Crippen LogP contribution in [0.2, 0.25) is 0 Å². The second kappa shape index (κ2) is 6.97. The molecule has 0 aromatic carbocycles. The van der Waals surface area contributed by atoms with Gasteiger partial charge in [0.25, 0.3) is 0 Å². The fourth-order valence-corrected chi connectivity index (χ4v) is 0. The van der Waals surface area contributed by atoms with Crippen molar-refractivity contribution in [2.24, 2.45) is 5.73 Å². The molecule has 0 bridgehead atoms. The maximum Gasteiger partial charge on any atom is 0.414 e. The van der Waals surface area contributed by atoms with Gasteiger partial charge in [-0.05, 0) is 6.92 Å².